The van der Waals surface area contributed by atoms with E-state index in [1.165, 1.54) is 18.6 Å². The zero-order valence-electron chi connectivity index (χ0n) is 5.02. The smallest absolute Gasteiger partial charge is 0.00233 e. The molecule has 8 heavy (non-hydrogen) atoms. The average Bonchev–Trinajstić information content (AvgIpc) is 1.63. The number of allylic oxidation sites excluding steroid dienone is 2. The van der Waals surface area contributed by atoms with Crippen LogP contribution in [0.4, 0.5) is 0 Å². The van der Waals surface area contributed by atoms with Crippen LogP contribution < -0.4 is 0 Å². The second-order valence-electron chi connectivity index (χ2n) is 1.91. The van der Waals surface area contributed by atoms with E-state index in [-0.39, 0.29) is 0 Å². The van der Waals surface area contributed by atoms with Crippen molar-refractivity contribution in [1.29, 1.82) is 0 Å². The Balaban J connectivity index is 2.02. The van der Waals surface area contributed by atoms with Gasteiger partial charge in [0.15, 0.2) is 0 Å². The molecule has 0 aromatic rings. The van der Waals surface area contributed by atoms with E-state index in [1.807, 2.05) is 11.8 Å². The van der Waals surface area contributed by atoms with Crippen LogP contribution in [0.15, 0.2) is 11.0 Å². The van der Waals surface area contributed by atoms with Crippen LogP contribution in [0.3, 0.4) is 0 Å². The van der Waals surface area contributed by atoms with Crippen LogP contribution in [-0.2, 0) is 0 Å². The van der Waals surface area contributed by atoms with Gasteiger partial charge in [0.05, 0.1) is 0 Å². The Morgan fingerprint density at radius 3 is 2.88 bits per heavy atom. The molecule has 0 aliphatic heterocycles. The predicted octanol–water partition coefficient (Wildman–Crippen LogP) is 2.62. The highest BCUT2D eigenvalue weighted by Crippen LogP contribution is 2.29. The van der Waals surface area contributed by atoms with Crippen molar-refractivity contribution in [3.63, 3.8) is 0 Å². The number of hydrogen-bond donors (Lipinski definition) is 0. The minimum Gasteiger partial charge on any atom is -0.131 e. The van der Waals surface area contributed by atoms with Crippen LogP contribution in [0.25, 0.3) is 0 Å². The first-order valence-corrected chi connectivity index (χ1v) is 4.03. The maximum absolute atomic E-state index is 3.77. The third-order valence-corrected chi connectivity index (χ3v) is 2.43. The molecule has 0 atom stereocenters. The lowest BCUT2D eigenvalue weighted by Gasteiger charge is -2.11. The van der Waals surface area contributed by atoms with Gasteiger partial charge < -0.3 is 0 Å². The van der Waals surface area contributed by atoms with Gasteiger partial charge in [0.2, 0.25) is 0 Å². The fourth-order valence-corrected chi connectivity index (χ4v) is 1.50. The van der Waals surface area contributed by atoms with Gasteiger partial charge in [-0.25, -0.2) is 0 Å². The molecule has 0 nitrogen and oxygen atoms in total. The molecule has 0 aromatic carbocycles. The summed E-state index contributed by atoms with van der Waals surface area (Å²) >= 11 is 1.96. The van der Waals surface area contributed by atoms with Crippen molar-refractivity contribution in [2.24, 2.45) is 0 Å². The molecule has 1 aliphatic carbocycles. The Labute approximate surface area is 55.4 Å². The molecule has 0 N–H and O–H groups in total. The molecule has 1 aliphatic rings. The van der Waals surface area contributed by atoms with Crippen LogP contribution in [0.1, 0.15) is 19.3 Å². The summed E-state index contributed by atoms with van der Waals surface area (Å²) in [6, 6.07) is 0. The van der Waals surface area contributed by atoms with Crippen molar-refractivity contribution in [2.45, 2.75) is 19.3 Å². The molecule has 1 radical (unpaired) electrons. The molecule has 1 heteroatoms. The Hall–Kier alpha value is 0.0900. The lowest BCUT2D eigenvalue weighted by Crippen LogP contribution is -1.89. The van der Waals surface area contributed by atoms with Gasteiger partial charge in [-0.1, -0.05) is 13.0 Å². The molecule has 0 amide bonds. The highest BCUT2D eigenvalue weighted by Gasteiger charge is 2.03. The zero-order valence-corrected chi connectivity index (χ0v) is 5.84. The monoisotopic (exact) mass is 127 g/mol. The number of rotatable bonds is 3. The van der Waals surface area contributed by atoms with Crippen LogP contribution in [0.5, 0.6) is 0 Å². The Kier molecular flexibility index (Phi) is 2.47. The van der Waals surface area contributed by atoms with Crippen molar-refractivity contribution >= 4 is 11.8 Å². The van der Waals surface area contributed by atoms with Crippen LogP contribution in [-0.4, -0.2) is 5.75 Å². The Bertz CT molecular complexity index is 94.6. The van der Waals surface area contributed by atoms with Crippen LogP contribution in [0.2, 0.25) is 0 Å². The molecule has 0 saturated heterocycles. The molecule has 0 fully saturated rings. The normalized spacial score (nSPS) is 17.4. The molecular weight excluding hydrogens is 116 g/mol. The molecule has 1 rings (SSSR count). The summed E-state index contributed by atoms with van der Waals surface area (Å²) < 4.78 is 0. The van der Waals surface area contributed by atoms with Crippen molar-refractivity contribution in [3.8, 4) is 0 Å². The van der Waals surface area contributed by atoms with Gasteiger partial charge in [-0.15, -0.1) is 11.8 Å². The minimum atomic E-state index is 1.06. The Morgan fingerprint density at radius 2 is 2.50 bits per heavy atom. The fraction of sp³-hybridized carbons (Fsp3) is 0.571. The van der Waals surface area contributed by atoms with Crippen molar-refractivity contribution in [1.82, 2.24) is 0 Å². The molecular formula is C7H11S. The predicted molar refractivity (Wildman–Crippen MR) is 39.7 cm³/mol. The van der Waals surface area contributed by atoms with E-state index >= 15 is 0 Å². The van der Waals surface area contributed by atoms with E-state index in [0.717, 1.165) is 6.42 Å². The summed E-state index contributed by atoms with van der Waals surface area (Å²) in [6.07, 6.45) is 5.99. The van der Waals surface area contributed by atoms with E-state index in [4.69, 9.17) is 0 Å². The molecule has 0 unspecified atom stereocenters. The molecule has 0 saturated carbocycles. The lowest BCUT2D eigenvalue weighted by atomic mass is 10.1. The molecule has 0 bridgehead atoms. The maximum atomic E-state index is 3.77. The van der Waals surface area contributed by atoms with E-state index in [1.54, 1.807) is 4.91 Å². The van der Waals surface area contributed by atoms with Gasteiger partial charge in [0.25, 0.3) is 0 Å². The second-order valence-corrected chi connectivity index (χ2v) is 3.13. The maximum Gasteiger partial charge on any atom is -0.00233 e. The molecule has 0 heterocycles. The third-order valence-electron chi connectivity index (χ3n) is 1.19. The SMILES string of the molecule is [CH2]CCSC1=CCC1. The molecule has 0 aromatic heterocycles. The van der Waals surface area contributed by atoms with Gasteiger partial charge in [-0.3, -0.25) is 0 Å². The first kappa shape index (κ1) is 6.21. The summed E-state index contributed by atoms with van der Waals surface area (Å²) in [5.74, 6) is 1.20. The Morgan fingerprint density at radius 1 is 1.75 bits per heavy atom. The van der Waals surface area contributed by atoms with Crippen LogP contribution >= 0.6 is 11.8 Å². The van der Waals surface area contributed by atoms with Gasteiger partial charge in [0.1, 0.15) is 0 Å². The minimum absolute atomic E-state index is 1.06. The summed E-state index contributed by atoms with van der Waals surface area (Å²) in [4.78, 5) is 1.58. The van der Waals surface area contributed by atoms with E-state index in [2.05, 4.69) is 13.0 Å². The standard InChI is InChI=1S/C7H11S/c1-2-6-8-7-4-3-5-7/h4H,1-3,5-6H2. The highest BCUT2D eigenvalue weighted by atomic mass is 32.2. The summed E-state index contributed by atoms with van der Waals surface area (Å²) in [7, 11) is 0. The lowest BCUT2D eigenvalue weighted by molar-refractivity contribution is 0.940. The third kappa shape index (κ3) is 1.55. The number of thioether (sulfide) groups is 1. The van der Waals surface area contributed by atoms with Crippen molar-refractivity contribution in [2.75, 3.05) is 5.75 Å². The van der Waals surface area contributed by atoms with E-state index in [0.29, 0.717) is 0 Å². The molecule has 0 spiro atoms. The summed E-state index contributed by atoms with van der Waals surface area (Å²) in [6.45, 7) is 3.77. The summed E-state index contributed by atoms with van der Waals surface area (Å²) in [5.41, 5.74) is 0. The quantitative estimate of drug-likeness (QED) is 0.561. The van der Waals surface area contributed by atoms with Gasteiger partial charge in [-0.05, 0) is 29.9 Å². The van der Waals surface area contributed by atoms with E-state index < -0.39 is 0 Å². The summed E-state index contributed by atoms with van der Waals surface area (Å²) in [5, 5.41) is 0. The molecule has 45 valence electrons. The van der Waals surface area contributed by atoms with Crippen LogP contribution in [0, 0.1) is 6.92 Å². The zero-order chi connectivity index (χ0) is 5.82. The second kappa shape index (κ2) is 3.18. The number of hydrogen-bond acceptors (Lipinski definition) is 1. The average molecular weight is 127 g/mol. The van der Waals surface area contributed by atoms with Crippen molar-refractivity contribution in [3.05, 3.63) is 17.9 Å². The first-order valence-electron chi connectivity index (χ1n) is 3.04. The van der Waals surface area contributed by atoms with Crippen molar-refractivity contribution < 1.29 is 0 Å². The fourth-order valence-electron chi connectivity index (χ4n) is 0.597. The topological polar surface area (TPSA) is 0 Å². The highest BCUT2D eigenvalue weighted by molar-refractivity contribution is 8.03. The van der Waals surface area contributed by atoms with Gasteiger partial charge >= 0.3 is 0 Å². The first-order chi connectivity index (χ1) is 3.93. The van der Waals surface area contributed by atoms with Gasteiger partial charge in [-0.2, -0.15) is 0 Å². The van der Waals surface area contributed by atoms with Gasteiger partial charge in [0, 0.05) is 0 Å². The largest absolute Gasteiger partial charge is 0.131 e. The van der Waals surface area contributed by atoms with E-state index in [9.17, 15) is 0 Å².